The van der Waals surface area contributed by atoms with Crippen LogP contribution in [0.4, 0.5) is 0 Å². The Morgan fingerprint density at radius 3 is 2.68 bits per heavy atom. The van der Waals surface area contributed by atoms with Crippen LogP contribution in [0.1, 0.15) is 23.8 Å². The normalized spacial score (nSPS) is 14.0. The number of aryl methyl sites for hydroxylation is 1. The van der Waals surface area contributed by atoms with Crippen molar-refractivity contribution in [2.45, 2.75) is 37.8 Å². The third kappa shape index (κ3) is 3.72. The Morgan fingerprint density at radius 1 is 1.53 bits per heavy atom. The molecule has 1 aromatic heterocycles. The van der Waals surface area contributed by atoms with E-state index in [-0.39, 0.29) is 12.6 Å². The molecule has 2 N–H and O–H groups in total. The monoisotopic (exact) mass is 322 g/mol. The topological polar surface area (TPSA) is 63.4 Å². The Kier molecular flexibility index (Phi) is 6.32. The maximum Gasteiger partial charge on any atom is 0.244 e. The van der Waals surface area contributed by atoms with Crippen LogP contribution >= 0.6 is 23.1 Å². The summed E-state index contributed by atoms with van der Waals surface area (Å²) in [5.74, 6) is 0.952. The molecule has 0 saturated heterocycles. The predicted octanol–water partition coefficient (Wildman–Crippen LogP) is 2.28. The van der Waals surface area contributed by atoms with Crippen LogP contribution in [-0.4, -0.2) is 37.8 Å². The summed E-state index contributed by atoms with van der Waals surface area (Å²) in [4.78, 5) is 1.14. The highest BCUT2D eigenvalue weighted by Crippen LogP contribution is 2.29. The molecule has 1 unspecified atom stereocenters. The predicted molar refractivity (Wildman–Crippen MR) is 84.4 cm³/mol. The number of sulfonamides is 1. The molecular weight excluding hydrogens is 300 g/mol. The number of nitrogens with two attached hydrogens (primary N) is 1. The fourth-order valence-electron chi connectivity index (χ4n) is 1.83. The van der Waals surface area contributed by atoms with E-state index in [1.54, 1.807) is 18.8 Å². The van der Waals surface area contributed by atoms with Crippen molar-refractivity contribution in [1.82, 2.24) is 4.31 Å². The summed E-state index contributed by atoms with van der Waals surface area (Å²) in [5.41, 5.74) is 6.43. The van der Waals surface area contributed by atoms with Gasteiger partial charge in [0.15, 0.2) is 0 Å². The van der Waals surface area contributed by atoms with Crippen molar-refractivity contribution in [3.05, 3.63) is 15.8 Å². The van der Waals surface area contributed by atoms with Gasteiger partial charge >= 0.3 is 0 Å². The van der Waals surface area contributed by atoms with Gasteiger partial charge in [0, 0.05) is 24.5 Å². The molecule has 1 atom stereocenters. The highest BCUT2D eigenvalue weighted by Gasteiger charge is 2.29. The molecule has 0 saturated carbocycles. The summed E-state index contributed by atoms with van der Waals surface area (Å²) in [5, 5.41) is 1.86. The Hall–Kier alpha value is -0.0800. The Morgan fingerprint density at radius 2 is 2.16 bits per heavy atom. The first-order chi connectivity index (χ1) is 8.86. The second-order valence-corrected chi connectivity index (χ2v) is 8.41. The highest BCUT2D eigenvalue weighted by molar-refractivity contribution is 7.98. The van der Waals surface area contributed by atoms with Crippen molar-refractivity contribution in [3.8, 4) is 0 Å². The minimum Gasteiger partial charge on any atom is -0.326 e. The fraction of sp³-hybridized carbons (Fsp3) is 0.667. The van der Waals surface area contributed by atoms with Crippen molar-refractivity contribution in [1.29, 1.82) is 0 Å². The number of rotatable bonds is 7. The molecule has 19 heavy (non-hydrogen) atoms. The molecule has 4 nitrogen and oxygen atoms in total. The van der Waals surface area contributed by atoms with Crippen LogP contribution in [0.15, 0.2) is 10.3 Å². The van der Waals surface area contributed by atoms with Crippen molar-refractivity contribution in [2.75, 3.05) is 19.1 Å². The zero-order valence-electron chi connectivity index (χ0n) is 11.8. The molecule has 0 aliphatic carbocycles. The summed E-state index contributed by atoms with van der Waals surface area (Å²) < 4.78 is 26.8. The number of thioether (sulfide) groups is 1. The first kappa shape index (κ1) is 17.0. The molecule has 110 valence electrons. The van der Waals surface area contributed by atoms with Crippen molar-refractivity contribution in [3.63, 3.8) is 0 Å². The molecule has 0 aliphatic rings. The smallest absolute Gasteiger partial charge is 0.244 e. The highest BCUT2D eigenvalue weighted by atomic mass is 32.2. The van der Waals surface area contributed by atoms with Gasteiger partial charge in [-0.1, -0.05) is 0 Å². The molecule has 1 heterocycles. The van der Waals surface area contributed by atoms with Crippen LogP contribution in [0.5, 0.6) is 0 Å². The SMILES string of the molecule is CSCCC(C)N(C)S(=O)(=O)c1c(C)csc1CN. The molecule has 0 amide bonds. The average Bonchev–Trinajstić information content (AvgIpc) is 2.76. The quantitative estimate of drug-likeness (QED) is 0.836. The Bertz CT molecular complexity index is 511. The average molecular weight is 323 g/mol. The third-order valence-corrected chi connectivity index (χ3v) is 7.27. The molecule has 0 spiro atoms. The number of thiophene rings is 1. The Labute approximate surface area is 124 Å². The van der Waals surface area contributed by atoms with E-state index in [4.69, 9.17) is 5.73 Å². The minimum absolute atomic E-state index is 0.0117. The summed E-state index contributed by atoms with van der Waals surface area (Å²) >= 11 is 3.14. The van der Waals surface area contributed by atoms with E-state index in [9.17, 15) is 8.42 Å². The molecule has 7 heteroatoms. The molecule has 0 fully saturated rings. The van der Waals surface area contributed by atoms with Gasteiger partial charge in [0.25, 0.3) is 0 Å². The van der Waals surface area contributed by atoms with Crippen LogP contribution in [0, 0.1) is 6.92 Å². The standard InChI is InChI=1S/C12H22N2O2S3/c1-9-8-18-11(7-13)12(9)19(15,16)14(3)10(2)5-6-17-4/h8,10H,5-7,13H2,1-4H3. The van der Waals surface area contributed by atoms with Gasteiger partial charge in [-0.15, -0.1) is 11.3 Å². The van der Waals surface area contributed by atoms with Gasteiger partial charge in [-0.25, -0.2) is 8.42 Å². The number of hydrogen-bond acceptors (Lipinski definition) is 5. The summed E-state index contributed by atoms with van der Waals surface area (Å²) in [6, 6.07) is -0.0117. The van der Waals surface area contributed by atoms with Crippen LogP contribution in [0.3, 0.4) is 0 Å². The number of hydrogen-bond donors (Lipinski definition) is 1. The maximum absolute atomic E-state index is 12.7. The van der Waals surface area contributed by atoms with E-state index in [1.165, 1.54) is 15.6 Å². The lowest BCUT2D eigenvalue weighted by molar-refractivity contribution is 0.382. The van der Waals surface area contributed by atoms with Gasteiger partial charge in [0.1, 0.15) is 4.90 Å². The molecule has 1 aromatic rings. The van der Waals surface area contributed by atoms with Gasteiger partial charge in [0.2, 0.25) is 10.0 Å². The second kappa shape index (κ2) is 7.08. The fourth-order valence-corrected chi connectivity index (χ4v) is 5.44. The van der Waals surface area contributed by atoms with Crippen LogP contribution < -0.4 is 5.73 Å². The Balaban J connectivity index is 3.06. The maximum atomic E-state index is 12.7. The van der Waals surface area contributed by atoms with Crippen molar-refractivity contribution in [2.24, 2.45) is 5.73 Å². The molecule has 1 rings (SSSR count). The van der Waals surface area contributed by atoms with E-state index in [1.807, 2.05) is 25.5 Å². The van der Waals surface area contributed by atoms with E-state index in [0.29, 0.717) is 4.90 Å². The van der Waals surface area contributed by atoms with E-state index < -0.39 is 10.0 Å². The first-order valence-electron chi connectivity index (χ1n) is 6.10. The van der Waals surface area contributed by atoms with Crippen molar-refractivity contribution >= 4 is 33.1 Å². The molecule has 0 radical (unpaired) electrons. The summed E-state index contributed by atoms with van der Waals surface area (Å²) in [7, 11) is -1.79. The lowest BCUT2D eigenvalue weighted by atomic mass is 10.3. The molecular formula is C12H22N2O2S3. The van der Waals surface area contributed by atoms with Crippen LogP contribution in [0.25, 0.3) is 0 Å². The summed E-state index contributed by atoms with van der Waals surface area (Å²) in [6.45, 7) is 4.03. The van der Waals surface area contributed by atoms with Gasteiger partial charge in [0.05, 0.1) is 0 Å². The van der Waals surface area contributed by atoms with Crippen LogP contribution in [-0.2, 0) is 16.6 Å². The largest absolute Gasteiger partial charge is 0.326 e. The zero-order chi connectivity index (χ0) is 14.6. The van der Waals surface area contributed by atoms with Gasteiger partial charge in [-0.2, -0.15) is 16.1 Å². The van der Waals surface area contributed by atoms with Gasteiger partial charge in [-0.05, 0) is 43.2 Å². The van der Waals surface area contributed by atoms with E-state index in [2.05, 4.69) is 0 Å². The molecule has 0 aliphatic heterocycles. The lowest BCUT2D eigenvalue weighted by Crippen LogP contribution is -2.36. The third-order valence-electron chi connectivity index (χ3n) is 3.17. The minimum atomic E-state index is -3.44. The van der Waals surface area contributed by atoms with E-state index >= 15 is 0 Å². The first-order valence-corrected chi connectivity index (χ1v) is 9.81. The second-order valence-electron chi connectivity index (χ2n) is 4.53. The number of nitrogens with zero attached hydrogens (tertiary/aromatic N) is 1. The van der Waals surface area contributed by atoms with Crippen molar-refractivity contribution < 1.29 is 8.42 Å². The van der Waals surface area contributed by atoms with Crippen LogP contribution in [0.2, 0.25) is 0 Å². The summed E-state index contributed by atoms with van der Waals surface area (Å²) in [6.07, 6.45) is 2.87. The molecule has 0 bridgehead atoms. The lowest BCUT2D eigenvalue weighted by Gasteiger charge is -2.24. The van der Waals surface area contributed by atoms with Gasteiger partial charge < -0.3 is 5.73 Å². The zero-order valence-corrected chi connectivity index (χ0v) is 14.3. The van der Waals surface area contributed by atoms with E-state index in [0.717, 1.165) is 22.6 Å². The molecule has 0 aromatic carbocycles. The van der Waals surface area contributed by atoms with Gasteiger partial charge in [-0.3, -0.25) is 0 Å².